The molecule has 0 aliphatic carbocycles. The SMILES string of the molecule is CC=CC=CC(c1ccccc1)c1ccccc1. The Labute approximate surface area is 109 Å². The normalized spacial score (nSPS) is 11.7. The molecular formula is C18H18. The number of benzene rings is 2. The lowest BCUT2D eigenvalue weighted by atomic mass is 9.91. The topological polar surface area (TPSA) is 0 Å². The minimum Gasteiger partial charge on any atom is -0.0877 e. The van der Waals surface area contributed by atoms with E-state index in [0.717, 1.165) is 0 Å². The summed E-state index contributed by atoms with van der Waals surface area (Å²) in [6.07, 6.45) is 8.47. The quantitative estimate of drug-likeness (QED) is 0.656. The Balaban J connectivity index is 2.35. The first-order valence-electron chi connectivity index (χ1n) is 6.31. The van der Waals surface area contributed by atoms with Crippen LogP contribution >= 0.6 is 0 Å². The van der Waals surface area contributed by atoms with Gasteiger partial charge in [-0.25, -0.2) is 0 Å². The number of rotatable bonds is 4. The van der Waals surface area contributed by atoms with Crippen molar-refractivity contribution in [3.63, 3.8) is 0 Å². The fraction of sp³-hybridized carbons (Fsp3) is 0.111. The summed E-state index contributed by atoms with van der Waals surface area (Å²) in [7, 11) is 0. The summed E-state index contributed by atoms with van der Waals surface area (Å²) in [5.74, 6) is 0.323. The Morgan fingerprint density at radius 3 is 1.67 bits per heavy atom. The summed E-state index contributed by atoms with van der Waals surface area (Å²) >= 11 is 0. The van der Waals surface area contributed by atoms with Gasteiger partial charge in [-0.2, -0.15) is 0 Å². The van der Waals surface area contributed by atoms with Crippen LogP contribution < -0.4 is 0 Å². The molecule has 0 unspecified atom stereocenters. The van der Waals surface area contributed by atoms with E-state index in [0.29, 0.717) is 5.92 Å². The molecule has 0 saturated carbocycles. The van der Waals surface area contributed by atoms with Gasteiger partial charge in [0.25, 0.3) is 0 Å². The minimum absolute atomic E-state index is 0.323. The molecule has 0 radical (unpaired) electrons. The predicted octanol–water partition coefficient (Wildman–Crippen LogP) is 4.95. The van der Waals surface area contributed by atoms with Gasteiger partial charge in [-0.15, -0.1) is 0 Å². The van der Waals surface area contributed by atoms with E-state index < -0.39 is 0 Å². The molecule has 0 aliphatic rings. The van der Waals surface area contributed by atoms with Crippen molar-refractivity contribution in [2.24, 2.45) is 0 Å². The van der Waals surface area contributed by atoms with Gasteiger partial charge < -0.3 is 0 Å². The fourth-order valence-electron chi connectivity index (χ4n) is 2.02. The van der Waals surface area contributed by atoms with E-state index in [1.165, 1.54) is 11.1 Å². The van der Waals surface area contributed by atoms with E-state index in [2.05, 4.69) is 78.9 Å². The van der Waals surface area contributed by atoms with Gasteiger partial charge >= 0.3 is 0 Å². The maximum absolute atomic E-state index is 2.24. The number of hydrogen-bond donors (Lipinski definition) is 0. The van der Waals surface area contributed by atoms with Crippen LogP contribution in [0, 0.1) is 0 Å². The first kappa shape index (κ1) is 12.4. The molecule has 2 rings (SSSR count). The third-order valence-corrected chi connectivity index (χ3v) is 2.92. The summed E-state index contributed by atoms with van der Waals surface area (Å²) in [6, 6.07) is 21.2. The van der Waals surface area contributed by atoms with Crippen molar-refractivity contribution >= 4 is 0 Å². The molecule has 90 valence electrons. The zero-order chi connectivity index (χ0) is 12.6. The zero-order valence-corrected chi connectivity index (χ0v) is 10.7. The van der Waals surface area contributed by atoms with E-state index in [1.54, 1.807) is 0 Å². The molecule has 0 aromatic heterocycles. The second-order valence-corrected chi connectivity index (χ2v) is 4.21. The van der Waals surface area contributed by atoms with Gasteiger partial charge in [-0.1, -0.05) is 85.0 Å². The molecule has 0 amide bonds. The van der Waals surface area contributed by atoms with Gasteiger partial charge in [0.2, 0.25) is 0 Å². The molecule has 18 heavy (non-hydrogen) atoms. The van der Waals surface area contributed by atoms with Gasteiger partial charge in [0, 0.05) is 5.92 Å². The molecule has 0 heteroatoms. The molecule has 0 aliphatic heterocycles. The van der Waals surface area contributed by atoms with Crippen molar-refractivity contribution in [3.05, 3.63) is 96.1 Å². The van der Waals surface area contributed by atoms with Crippen molar-refractivity contribution in [2.75, 3.05) is 0 Å². The van der Waals surface area contributed by atoms with Gasteiger partial charge in [0.1, 0.15) is 0 Å². The highest BCUT2D eigenvalue weighted by Gasteiger charge is 2.09. The molecule has 0 atom stereocenters. The van der Waals surface area contributed by atoms with Gasteiger partial charge in [-0.05, 0) is 18.1 Å². The molecule has 2 aromatic rings. The van der Waals surface area contributed by atoms with Crippen molar-refractivity contribution in [3.8, 4) is 0 Å². The molecule has 0 spiro atoms. The van der Waals surface area contributed by atoms with Gasteiger partial charge in [0.05, 0.1) is 0 Å². The third kappa shape index (κ3) is 3.21. The smallest absolute Gasteiger partial charge is 0.0272 e. The Kier molecular flexibility index (Phi) is 4.54. The summed E-state index contributed by atoms with van der Waals surface area (Å²) < 4.78 is 0. The monoisotopic (exact) mass is 234 g/mol. The van der Waals surface area contributed by atoms with Crippen LogP contribution in [0.4, 0.5) is 0 Å². The van der Waals surface area contributed by atoms with Gasteiger partial charge in [0.15, 0.2) is 0 Å². The second kappa shape index (κ2) is 6.61. The molecule has 2 aromatic carbocycles. The van der Waals surface area contributed by atoms with E-state index in [1.807, 2.05) is 13.0 Å². The highest BCUT2D eigenvalue weighted by atomic mass is 14.1. The average Bonchev–Trinajstić information content (AvgIpc) is 2.46. The predicted molar refractivity (Wildman–Crippen MR) is 78.7 cm³/mol. The molecule has 0 fully saturated rings. The van der Waals surface area contributed by atoms with Crippen LogP contribution in [0.1, 0.15) is 24.0 Å². The standard InChI is InChI=1S/C18H18/c1-2-3-6-15-18(16-11-7-4-8-12-16)17-13-9-5-10-14-17/h2-15,18H,1H3. The molecule has 0 bridgehead atoms. The number of hydrogen-bond acceptors (Lipinski definition) is 0. The van der Waals surface area contributed by atoms with Crippen molar-refractivity contribution < 1.29 is 0 Å². The summed E-state index contributed by atoms with van der Waals surface area (Å²) in [5, 5.41) is 0. The van der Waals surface area contributed by atoms with Crippen LogP contribution in [0.2, 0.25) is 0 Å². The van der Waals surface area contributed by atoms with Crippen LogP contribution in [-0.2, 0) is 0 Å². The molecular weight excluding hydrogens is 216 g/mol. The summed E-state index contributed by atoms with van der Waals surface area (Å²) in [6.45, 7) is 2.03. The molecule has 0 N–H and O–H groups in total. The van der Waals surface area contributed by atoms with Crippen molar-refractivity contribution in [1.29, 1.82) is 0 Å². The van der Waals surface area contributed by atoms with Crippen LogP contribution in [0.25, 0.3) is 0 Å². The van der Waals surface area contributed by atoms with E-state index in [4.69, 9.17) is 0 Å². The van der Waals surface area contributed by atoms with Crippen LogP contribution in [-0.4, -0.2) is 0 Å². The lowest BCUT2D eigenvalue weighted by Gasteiger charge is -2.13. The maximum atomic E-state index is 2.24. The Morgan fingerprint density at radius 2 is 1.22 bits per heavy atom. The van der Waals surface area contributed by atoms with Crippen molar-refractivity contribution in [2.45, 2.75) is 12.8 Å². The van der Waals surface area contributed by atoms with Crippen LogP contribution in [0.3, 0.4) is 0 Å². The largest absolute Gasteiger partial charge is 0.0877 e. The highest BCUT2D eigenvalue weighted by molar-refractivity contribution is 5.37. The highest BCUT2D eigenvalue weighted by Crippen LogP contribution is 2.25. The summed E-state index contributed by atoms with van der Waals surface area (Å²) in [4.78, 5) is 0. The van der Waals surface area contributed by atoms with Crippen LogP contribution in [0.5, 0.6) is 0 Å². The average molecular weight is 234 g/mol. The molecule has 0 nitrogen and oxygen atoms in total. The van der Waals surface area contributed by atoms with Crippen LogP contribution in [0.15, 0.2) is 85.0 Å². The Morgan fingerprint density at radius 1 is 0.722 bits per heavy atom. The van der Waals surface area contributed by atoms with E-state index in [9.17, 15) is 0 Å². The van der Waals surface area contributed by atoms with E-state index >= 15 is 0 Å². The Bertz CT molecular complexity index is 467. The molecule has 0 heterocycles. The third-order valence-electron chi connectivity index (χ3n) is 2.92. The van der Waals surface area contributed by atoms with E-state index in [-0.39, 0.29) is 0 Å². The fourth-order valence-corrected chi connectivity index (χ4v) is 2.02. The maximum Gasteiger partial charge on any atom is 0.0272 e. The second-order valence-electron chi connectivity index (χ2n) is 4.21. The lowest BCUT2D eigenvalue weighted by Crippen LogP contribution is -1.96. The van der Waals surface area contributed by atoms with Gasteiger partial charge in [-0.3, -0.25) is 0 Å². The minimum atomic E-state index is 0.323. The molecule has 0 saturated heterocycles. The number of allylic oxidation sites excluding steroid dienone is 4. The zero-order valence-electron chi connectivity index (χ0n) is 10.7. The first-order valence-corrected chi connectivity index (χ1v) is 6.31. The summed E-state index contributed by atoms with van der Waals surface area (Å²) in [5.41, 5.74) is 2.65. The first-order chi connectivity index (χ1) is 8.92. The Hall–Kier alpha value is -2.08. The lowest BCUT2D eigenvalue weighted by molar-refractivity contribution is 1.03. The van der Waals surface area contributed by atoms with Crippen molar-refractivity contribution in [1.82, 2.24) is 0 Å².